The number of hydrogen-bond acceptors (Lipinski definition) is 5. The molecule has 3 N–H and O–H groups in total. The van der Waals surface area contributed by atoms with Crippen LogP contribution in [-0.4, -0.2) is 34.6 Å². The molecule has 21 heavy (non-hydrogen) atoms. The van der Waals surface area contributed by atoms with Crippen molar-refractivity contribution in [2.24, 2.45) is 0 Å². The third kappa shape index (κ3) is 3.31. The Hall–Kier alpha value is -2.57. The molecule has 0 unspecified atom stereocenters. The summed E-state index contributed by atoms with van der Waals surface area (Å²) in [6.45, 7) is 0.414. The highest BCUT2D eigenvalue weighted by molar-refractivity contribution is 5.92. The lowest BCUT2D eigenvalue weighted by Gasteiger charge is -2.03. The van der Waals surface area contributed by atoms with E-state index in [2.05, 4.69) is 15.6 Å². The molecule has 1 aromatic heterocycles. The van der Waals surface area contributed by atoms with Gasteiger partial charge in [0.2, 0.25) is 5.91 Å². The van der Waals surface area contributed by atoms with Crippen LogP contribution < -0.4 is 10.6 Å². The van der Waals surface area contributed by atoms with Crippen LogP contribution in [-0.2, 0) is 4.79 Å². The summed E-state index contributed by atoms with van der Waals surface area (Å²) >= 11 is 0. The number of aromatic carboxylic acids is 1. The fourth-order valence-electron chi connectivity index (χ4n) is 1.94. The number of nitrogens with zero attached hydrogens (tertiary/aromatic N) is 1. The molecule has 1 amide bonds. The van der Waals surface area contributed by atoms with Gasteiger partial charge in [0, 0.05) is 19.0 Å². The van der Waals surface area contributed by atoms with Crippen LogP contribution in [0.1, 0.15) is 29.6 Å². The number of aromatic nitrogens is 1. The Morgan fingerprint density at radius 3 is 2.90 bits per heavy atom. The molecule has 110 valence electrons. The summed E-state index contributed by atoms with van der Waals surface area (Å²) in [6, 6.07) is 5.13. The molecule has 1 aliphatic carbocycles. The second kappa shape index (κ2) is 5.43. The molecule has 1 fully saturated rings. The van der Waals surface area contributed by atoms with E-state index < -0.39 is 5.97 Å². The van der Waals surface area contributed by atoms with Crippen LogP contribution in [0.15, 0.2) is 22.6 Å². The summed E-state index contributed by atoms with van der Waals surface area (Å²) in [5.74, 6) is -1.01. The molecule has 0 saturated heterocycles. The summed E-state index contributed by atoms with van der Waals surface area (Å²) in [6.07, 6.45) is 2.47. The Balaban J connectivity index is 1.58. The zero-order valence-corrected chi connectivity index (χ0v) is 11.3. The van der Waals surface area contributed by atoms with Crippen molar-refractivity contribution in [2.45, 2.75) is 25.3 Å². The average molecular weight is 289 g/mol. The SMILES string of the molecule is O=C(CCNc1nc2ccc(C(=O)O)cc2o1)NC1CC1. The number of nitrogens with one attached hydrogen (secondary N) is 2. The Morgan fingerprint density at radius 2 is 2.19 bits per heavy atom. The number of oxazole rings is 1. The minimum Gasteiger partial charge on any atom is -0.478 e. The normalized spacial score (nSPS) is 14.1. The van der Waals surface area contributed by atoms with Crippen LogP contribution in [0.5, 0.6) is 0 Å². The lowest BCUT2D eigenvalue weighted by Crippen LogP contribution is -2.27. The van der Waals surface area contributed by atoms with Gasteiger partial charge < -0.3 is 20.2 Å². The van der Waals surface area contributed by atoms with E-state index in [1.165, 1.54) is 12.1 Å². The smallest absolute Gasteiger partial charge is 0.335 e. The summed E-state index contributed by atoms with van der Waals surface area (Å²) in [5, 5.41) is 14.7. The number of rotatable bonds is 6. The Morgan fingerprint density at radius 1 is 1.38 bits per heavy atom. The quantitative estimate of drug-likeness (QED) is 0.746. The third-order valence-electron chi connectivity index (χ3n) is 3.21. The molecule has 7 nitrogen and oxygen atoms in total. The first-order chi connectivity index (χ1) is 10.1. The molecular weight excluding hydrogens is 274 g/mol. The number of carboxylic acid groups (broad SMARTS) is 1. The molecule has 7 heteroatoms. The minimum absolute atomic E-state index is 0.00859. The van der Waals surface area contributed by atoms with Gasteiger partial charge in [-0.2, -0.15) is 4.98 Å². The van der Waals surface area contributed by atoms with E-state index in [0.717, 1.165) is 12.8 Å². The molecule has 1 aliphatic rings. The lowest BCUT2D eigenvalue weighted by molar-refractivity contribution is -0.120. The molecule has 0 aliphatic heterocycles. The second-order valence-corrected chi connectivity index (χ2v) is 5.03. The first kappa shape index (κ1) is 13.4. The monoisotopic (exact) mass is 289 g/mol. The van der Waals surface area contributed by atoms with Gasteiger partial charge in [-0.1, -0.05) is 0 Å². The summed E-state index contributed by atoms with van der Waals surface area (Å²) in [7, 11) is 0. The highest BCUT2D eigenvalue weighted by atomic mass is 16.4. The number of benzene rings is 1. The van der Waals surface area contributed by atoms with Crippen LogP contribution >= 0.6 is 0 Å². The first-order valence-corrected chi connectivity index (χ1v) is 6.79. The van der Waals surface area contributed by atoms with Crippen LogP contribution in [0.4, 0.5) is 6.01 Å². The minimum atomic E-state index is -1.01. The number of carbonyl (C=O) groups is 2. The molecule has 1 saturated carbocycles. The van der Waals surface area contributed by atoms with E-state index in [-0.39, 0.29) is 17.5 Å². The fraction of sp³-hybridized carbons (Fsp3) is 0.357. The van der Waals surface area contributed by atoms with Crippen LogP contribution in [0.25, 0.3) is 11.1 Å². The Kier molecular flexibility index (Phi) is 3.47. The molecular formula is C14H15N3O4. The maximum Gasteiger partial charge on any atom is 0.335 e. The predicted octanol–water partition coefficient (Wildman–Crippen LogP) is 1.61. The van der Waals surface area contributed by atoms with Crippen molar-refractivity contribution in [3.63, 3.8) is 0 Å². The van der Waals surface area contributed by atoms with E-state index in [1.807, 2.05) is 0 Å². The summed E-state index contributed by atoms with van der Waals surface area (Å²) in [4.78, 5) is 26.6. The number of hydrogen-bond donors (Lipinski definition) is 3. The van der Waals surface area contributed by atoms with Gasteiger partial charge in [0.25, 0.3) is 6.01 Å². The number of fused-ring (bicyclic) bond motifs is 1. The van der Waals surface area contributed by atoms with Gasteiger partial charge in [-0.3, -0.25) is 4.79 Å². The predicted molar refractivity (Wildman–Crippen MR) is 75.2 cm³/mol. The van der Waals surface area contributed by atoms with E-state index in [1.54, 1.807) is 6.07 Å². The Bertz CT molecular complexity index is 691. The number of carbonyl (C=O) groups excluding carboxylic acids is 1. The largest absolute Gasteiger partial charge is 0.478 e. The molecule has 1 heterocycles. The molecule has 0 atom stereocenters. The van der Waals surface area contributed by atoms with Crippen molar-refractivity contribution in [3.8, 4) is 0 Å². The average Bonchev–Trinajstić information content (AvgIpc) is 3.15. The van der Waals surface area contributed by atoms with E-state index in [9.17, 15) is 9.59 Å². The van der Waals surface area contributed by atoms with Crippen LogP contribution in [0.3, 0.4) is 0 Å². The molecule has 0 radical (unpaired) electrons. The molecule has 0 bridgehead atoms. The molecule has 3 rings (SSSR count). The van der Waals surface area contributed by atoms with E-state index in [0.29, 0.717) is 30.1 Å². The third-order valence-corrected chi connectivity index (χ3v) is 3.21. The zero-order valence-electron chi connectivity index (χ0n) is 11.3. The van der Waals surface area contributed by atoms with Crippen molar-refractivity contribution in [1.29, 1.82) is 0 Å². The van der Waals surface area contributed by atoms with Gasteiger partial charge >= 0.3 is 5.97 Å². The van der Waals surface area contributed by atoms with Crippen molar-refractivity contribution in [1.82, 2.24) is 10.3 Å². The van der Waals surface area contributed by atoms with Crippen LogP contribution in [0.2, 0.25) is 0 Å². The van der Waals surface area contributed by atoms with Gasteiger partial charge in [0.15, 0.2) is 5.58 Å². The number of anilines is 1. The fourth-order valence-corrected chi connectivity index (χ4v) is 1.94. The standard InChI is InChI=1S/C14H15N3O4/c18-12(16-9-2-3-9)5-6-15-14-17-10-4-1-8(13(19)20)7-11(10)21-14/h1,4,7,9H,2-3,5-6H2,(H,15,17)(H,16,18)(H,19,20). The highest BCUT2D eigenvalue weighted by Gasteiger charge is 2.22. The maximum absolute atomic E-state index is 11.5. The van der Waals surface area contributed by atoms with Crippen LogP contribution in [0, 0.1) is 0 Å². The molecule has 1 aromatic carbocycles. The van der Waals surface area contributed by atoms with Crippen molar-refractivity contribution in [2.75, 3.05) is 11.9 Å². The molecule has 0 spiro atoms. The maximum atomic E-state index is 11.5. The zero-order chi connectivity index (χ0) is 14.8. The summed E-state index contributed by atoms with van der Waals surface area (Å²) < 4.78 is 5.42. The topological polar surface area (TPSA) is 104 Å². The summed E-state index contributed by atoms with van der Waals surface area (Å²) in [5.41, 5.74) is 1.12. The first-order valence-electron chi connectivity index (χ1n) is 6.79. The van der Waals surface area contributed by atoms with E-state index in [4.69, 9.17) is 9.52 Å². The number of carboxylic acids is 1. The molecule has 2 aromatic rings. The van der Waals surface area contributed by atoms with Crippen molar-refractivity contribution >= 4 is 29.0 Å². The van der Waals surface area contributed by atoms with Gasteiger partial charge in [-0.15, -0.1) is 0 Å². The highest BCUT2D eigenvalue weighted by Crippen LogP contribution is 2.20. The van der Waals surface area contributed by atoms with Gasteiger partial charge in [0.1, 0.15) is 5.52 Å². The lowest BCUT2D eigenvalue weighted by atomic mass is 10.2. The number of amides is 1. The Labute approximate surface area is 120 Å². The van der Waals surface area contributed by atoms with E-state index >= 15 is 0 Å². The second-order valence-electron chi connectivity index (χ2n) is 5.03. The van der Waals surface area contributed by atoms with Crippen molar-refractivity contribution < 1.29 is 19.1 Å². The van der Waals surface area contributed by atoms with Gasteiger partial charge in [-0.05, 0) is 31.0 Å². The van der Waals surface area contributed by atoms with Gasteiger partial charge in [0.05, 0.1) is 5.56 Å². The van der Waals surface area contributed by atoms with Crippen molar-refractivity contribution in [3.05, 3.63) is 23.8 Å². The van der Waals surface area contributed by atoms with Gasteiger partial charge in [-0.25, -0.2) is 4.79 Å².